The Morgan fingerprint density at radius 1 is 1.30 bits per heavy atom. The fourth-order valence-electron chi connectivity index (χ4n) is 2.66. The molecule has 2 heterocycles. The maximum atomic E-state index is 12.4. The van der Waals surface area contributed by atoms with E-state index >= 15 is 0 Å². The first kappa shape index (κ1) is 20.9. The lowest BCUT2D eigenvalue weighted by molar-refractivity contribution is 0.102. The molecule has 0 saturated carbocycles. The van der Waals surface area contributed by atoms with Crippen LogP contribution in [0.1, 0.15) is 34.0 Å². The van der Waals surface area contributed by atoms with Gasteiger partial charge in [0.1, 0.15) is 23.1 Å². The van der Waals surface area contributed by atoms with Gasteiger partial charge in [0.05, 0.1) is 12.3 Å². The second-order valence-electron chi connectivity index (χ2n) is 6.47. The predicted molar refractivity (Wildman–Crippen MR) is 115 cm³/mol. The van der Waals surface area contributed by atoms with Crippen LogP contribution in [0.3, 0.4) is 0 Å². The SMILES string of the molecule is Cc1[nH]c(/C=C\C(=N)c2cccc(OCCCO)c2)nc1C(=O)Nc1ccccn1. The summed E-state index contributed by atoms with van der Waals surface area (Å²) in [6, 6.07) is 12.4. The van der Waals surface area contributed by atoms with Gasteiger partial charge in [0.15, 0.2) is 0 Å². The van der Waals surface area contributed by atoms with E-state index in [9.17, 15) is 4.79 Å². The minimum atomic E-state index is -0.357. The molecular formula is C22H23N5O3. The molecule has 0 unspecified atom stereocenters. The number of amides is 1. The van der Waals surface area contributed by atoms with Crippen molar-refractivity contribution >= 4 is 23.5 Å². The molecule has 30 heavy (non-hydrogen) atoms. The summed E-state index contributed by atoms with van der Waals surface area (Å²) in [6.07, 6.45) is 5.40. The minimum Gasteiger partial charge on any atom is -0.493 e. The molecule has 0 aliphatic carbocycles. The van der Waals surface area contributed by atoms with Crippen LogP contribution in [-0.2, 0) is 0 Å². The standard InChI is InChI=1S/C22H23N5O3/c1-15-21(22(29)27-19-8-2-3-11-24-19)26-20(25-15)10-9-18(23)16-6-4-7-17(14-16)30-13-5-12-28/h2-4,6-11,14,23,28H,5,12-13H2,1H3,(H,25,26)(H,24,27,29)/b10-9-,23-18?. The summed E-state index contributed by atoms with van der Waals surface area (Å²) in [5, 5.41) is 19.8. The van der Waals surface area contributed by atoms with Crippen molar-refractivity contribution in [2.24, 2.45) is 0 Å². The van der Waals surface area contributed by atoms with Crippen molar-refractivity contribution in [1.82, 2.24) is 15.0 Å². The second kappa shape index (κ2) is 10.1. The van der Waals surface area contributed by atoms with Crippen LogP contribution in [-0.4, -0.2) is 44.9 Å². The molecule has 3 rings (SSSR count). The van der Waals surface area contributed by atoms with Crippen LogP contribution in [0.2, 0.25) is 0 Å². The second-order valence-corrected chi connectivity index (χ2v) is 6.47. The van der Waals surface area contributed by atoms with Gasteiger partial charge in [-0.2, -0.15) is 0 Å². The lowest BCUT2D eigenvalue weighted by atomic mass is 10.1. The average Bonchev–Trinajstić information content (AvgIpc) is 3.14. The van der Waals surface area contributed by atoms with Crippen LogP contribution in [0.4, 0.5) is 5.82 Å². The number of nitrogens with zero attached hydrogens (tertiary/aromatic N) is 2. The Morgan fingerprint density at radius 3 is 2.93 bits per heavy atom. The molecule has 0 aliphatic heterocycles. The van der Waals surface area contributed by atoms with Crippen LogP contribution in [0.15, 0.2) is 54.7 Å². The summed E-state index contributed by atoms with van der Waals surface area (Å²) in [5.41, 5.74) is 1.85. The first-order valence-corrected chi connectivity index (χ1v) is 9.46. The van der Waals surface area contributed by atoms with Crippen molar-refractivity contribution in [1.29, 1.82) is 5.41 Å². The zero-order chi connectivity index (χ0) is 21.3. The van der Waals surface area contributed by atoms with E-state index in [1.54, 1.807) is 55.6 Å². The Hall–Kier alpha value is -3.78. The summed E-state index contributed by atoms with van der Waals surface area (Å²) < 4.78 is 5.55. The number of benzene rings is 1. The number of hydrogen-bond donors (Lipinski definition) is 4. The Labute approximate surface area is 174 Å². The van der Waals surface area contributed by atoms with Gasteiger partial charge in [0.2, 0.25) is 0 Å². The van der Waals surface area contributed by atoms with Gasteiger partial charge in [-0.3, -0.25) is 4.79 Å². The highest BCUT2D eigenvalue weighted by Crippen LogP contribution is 2.15. The third-order valence-electron chi connectivity index (χ3n) is 4.15. The maximum Gasteiger partial charge on any atom is 0.277 e. The minimum absolute atomic E-state index is 0.0721. The highest BCUT2D eigenvalue weighted by molar-refractivity contribution is 6.09. The van der Waals surface area contributed by atoms with Gasteiger partial charge < -0.3 is 25.6 Å². The Bertz CT molecular complexity index is 1040. The van der Waals surface area contributed by atoms with Crippen LogP contribution >= 0.6 is 0 Å². The van der Waals surface area contributed by atoms with E-state index in [0.29, 0.717) is 41.7 Å². The Kier molecular flexibility index (Phi) is 7.07. The Balaban J connectivity index is 1.66. The largest absolute Gasteiger partial charge is 0.493 e. The number of aromatic nitrogens is 3. The van der Waals surface area contributed by atoms with Gasteiger partial charge in [0, 0.05) is 30.5 Å². The molecule has 2 aromatic heterocycles. The zero-order valence-electron chi connectivity index (χ0n) is 16.6. The van der Waals surface area contributed by atoms with E-state index in [-0.39, 0.29) is 23.9 Å². The van der Waals surface area contributed by atoms with Crippen molar-refractivity contribution in [3.05, 3.63) is 77.5 Å². The van der Waals surface area contributed by atoms with Crippen LogP contribution in [0, 0.1) is 12.3 Å². The number of ether oxygens (including phenoxy) is 1. The molecule has 0 saturated heterocycles. The topological polar surface area (TPSA) is 124 Å². The first-order valence-electron chi connectivity index (χ1n) is 9.46. The summed E-state index contributed by atoms with van der Waals surface area (Å²) in [7, 11) is 0. The van der Waals surface area contributed by atoms with E-state index in [1.807, 2.05) is 12.1 Å². The number of rotatable bonds is 9. The molecule has 0 atom stereocenters. The van der Waals surface area contributed by atoms with Crippen LogP contribution in [0.5, 0.6) is 5.75 Å². The predicted octanol–water partition coefficient (Wildman–Crippen LogP) is 3.21. The van der Waals surface area contributed by atoms with E-state index in [1.165, 1.54) is 0 Å². The smallest absolute Gasteiger partial charge is 0.277 e. The van der Waals surface area contributed by atoms with E-state index in [0.717, 1.165) is 0 Å². The normalized spacial score (nSPS) is 10.9. The van der Waals surface area contributed by atoms with Gasteiger partial charge in [-0.15, -0.1) is 0 Å². The molecule has 8 nitrogen and oxygen atoms in total. The molecule has 154 valence electrons. The molecule has 4 N–H and O–H groups in total. The number of carbonyl (C=O) groups is 1. The molecule has 0 bridgehead atoms. The number of allylic oxidation sites excluding steroid dienone is 1. The van der Waals surface area contributed by atoms with Gasteiger partial charge in [0.25, 0.3) is 5.91 Å². The number of hydrogen-bond acceptors (Lipinski definition) is 6. The number of aryl methyl sites for hydroxylation is 1. The number of carbonyl (C=O) groups excluding carboxylic acids is 1. The highest BCUT2D eigenvalue weighted by atomic mass is 16.5. The lowest BCUT2D eigenvalue weighted by Gasteiger charge is -2.06. The summed E-state index contributed by atoms with van der Waals surface area (Å²) in [6.45, 7) is 2.25. The molecule has 1 aromatic carbocycles. The maximum absolute atomic E-state index is 12.4. The van der Waals surface area contributed by atoms with E-state index < -0.39 is 0 Å². The monoisotopic (exact) mass is 405 g/mol. The fourth-order valence-corrected chi connectivity index (χ4v) is 2.66. The van der Waals surface area contributed by atoms with Gasteiger partial charge in [-0.25, -0.2) is 9.97 Å². The lowest BCUT2D eigenvalue weighted by Crippen LogP contribution is -2.14. The van der Waals surface area contributed by atoms with Crippen molar-refractivity contribution in [2.45, 2.75) is 13.3 Å². The first-order chi connectivity index (χ1) is 14.6. The number of anilines is 1. The number of aromatic amines is 1. The van der Waals surface area contributed by atoms with Crippen molar-refractivity contribution in [3.8, 4) is 5.75 Å². The fraction of sp³-hybridized carbons (Fsp3) is 0.182. The molecule has 0 spiro atoms. The summed E-state index contributed by atoms with van der Waals surface area (Å²) in [5.74, 6) is 1.20. The molecule has 3 aromatic rings. The molecule has 1 amide bonds. The molecule has 0 aliphatic rings. The van der Waals surface area contributed by atoms with E-state index in [4.69, 9.17) is 15.3 Å². The number of aliphatic hydroxyl groups excluding tert-OH is 1. The van der Waals surface area contributed by atoms with Gasteiger partial charge >= 0.3 is 0 Å². The average molecular weight is 405 g/mol. The molecule has 0 radical (unpaired) electrons. The quantitative estimate of drug-likeness (QED) is 0.321. The van der Waals surface area contributed by atoms with E-state index in [2.05, 4.69) is 20.3 Å². The summed E-state index contributed by atoms with van der Waals surface area (Å²) in [4.78, 5) is 23.8. The number of pyridine rings is 1. The number of aliphatic hydroxyl groups is 1. The summed E-state index contributed by atoms with van der Waals surface area (Å²) >= 11 is 0. The van der Waals surface area contributed by atoms with Gasteiger partial charge in [-0.05, 0) is 43.3 Å². The van der Waals surface area contributed by atoms with Crippen molar-refractivity contribution in [2.75, 3.05) is 18.5 Å². The van der Waals surface area contributed by atoms with Crippen molar-refractivity contribution < 1.29 is 14.6 Å². The van der Waals surface area contributed by atoms with Crippen LogP contribution < -0.4 is 10.1 Å². The number of H-pyrrole nitrogens is 1. The Morgan fingerprint density at radius 2 is 2.17 bits per heavy atom. The van der Waals surface area contributed by atoms with Gasteiger partial charge in [-0.1, -0.05) is 18.2 Å². The third-order valence-corrected chi connectivity index (χ3v) is 4.15. The van der Waals surface area contributed by atoms with Crippen molar-refractivity contribution in [3.63, 3.8) is 0 Å². The molecule has 8 heteroatoms. The number of nitrogens with one attached hydrogen (secondary N) is 3. The highest BCUT2D eigenvalue weighted by Gasteiger charge is 2.14. The third kappa shape index (κ3) is 5.62. The number of imidazole rings is 1. The molecular weight excluding hydrogens is 382 g/mol. The zero-order valence-corrected chi connectivity index (χ0v) is 16.6. The molecule has 0 fully saturated rings. The van der Waals surface area contributed by atoms with Crippen LogP contribution in [0.25, 0.3) is 6.08 Å².